The van der Waals surface area contributed by atoms with E-state index in [1.807, 2.05) is 12.1 Å². The molecule has 2 aromatic rings. The Morgan fingerprint density at radius 1 is 1.17 bits per heavy atom. The van der Waals surface area contributed by atoms with Crippen molar-refractivity contribution in [3.05, 3.63) is 74.2 Å². The number of hydrogen-bond acceptors (Lipinski definition) is 7. The molecule has 8 nitrogen and oxygen atoms in total. The number of benzene rings is 2. The first kappa shape index (κ1) is 24.5. The van der Waals surface area contributed by atoms with E-state index < -0.39 is 10.8 Å². The number of fused-ring (bicyclic) bond motifs is 1. The molecule has 2 aliphatic rings. The third-order valence-electron chi connectivity index (χ3n) is 6.29. The fraction of sp³-hybridized carbons (Fsp3) is 0.308. The number of nitro benzene ring substituents is 1. The number of rotatable bonds is 6. The van der Waals surface area contributed by atoms with Crippen LogP contribution in [-0.4, -0.2) is 40.2 Å². The van der Waals surface area contributed by atoms with E-state index in [4.69, 9.17) is 4.74 Å². The zero-order valence-corrected chi connectivity index (χ0v) is 21.1. The summed E-state index contributed by atoms with van der Waals surface area (Å²) >= 11 is 0.876. The normalized spacial score (nSPS) is 18.1. The highest BCUT2D eigenvalue weighted by Crippen LogP contribution is 2.43. The Balaban J connectivity index is 1.66. The molecule has 0 saturated carbocycles. The van der Waals surface area contributed by atoms with Gasteiger partial charge in [0.25, 0.3) is 16.8 Å². The van der Waals surface area contributed by atoms with Crippen LogP contribution in [0.1, 0.15) is 44.4 Å². The molecule has 0 aromatic heterocycles. The first-order valence-corrected chi connectivity index (χ1v) is 12.1. The van der Waals surface area contributed by atoms with E-state index in [2.05, 4.69) is 38.7 Å². The summed E-state index contributed by atoms with van der Waals surface area (Å²) in [5.41, 5.74) is 4.43. The van der Waals surface area contributed by atoms with Crippen LogP contribution >= 0.6 is 11.8 Å². The third kappa shape index (κ3) is 4.55. The number of methoxy groups -OCH3 is 1. The molecule has 2 amide bonds. The number of nitrogens with zero attached hydrogens (tertiary/aromatic N) is 3. The van der Waals surface area contributed by atoms with E-state index in [0.717, 1.165) is 45.6 Å². The molecule has 0 bridgehead atoms. The zero-order chi connectivity index (χ0) is 25.5. The lowest BCUT2D eigenvalue weighted by Crippen LogP contribution is -2.44. The van der Waals surface area contributed by atoms with Crippen molar-refractivity contribution in [3.63, 3.8) is 0 Å². The van der Waals surface area contributed by atoms with Gasteiger partial charge in [-0.3, -0.25) is 24.6 Å². The monoisotopic (exact) mass is 493 g/mol. The van der Waals surface area contributed by atoms with Crippen molar-refractivity contribution in [3.8, 4) is 5.75 Å². The van der Waals surface area contributed by atoms with Crippen molar-refractivity contribution in [1.82, 2.24) is 4.90 Å². The molecule has 35 heavy (non-hydrogen) atoms. The molecule has 0 spiro atoms. The quantitative estimate of drug-likeness (QED) is 0.283. The average molecular weight is 494 g/mol. The van der Waals surface area contributed by atoms with Gasteiger partial charge >= 0.3 is 0 Å². The second-order valence-corrected chi connectivity index (χ2v) is 10.0. The van der Waals surface area contributed by atoms with Gasteiger partial charge in [-0.15, -0.1) is 0 Å². The molecule has 2 heterocycles. The van der Waals surface area contributed by atoms with Gasteiger partial charge < -0.3 is 9.64 Å². The Labute approximate surface area is 208 Å². The van der Waals surface area contributed by atoms with E-state index in [9.17, 15) is 19.7 Å². The fourth-order valence-electron chi connectivity index (χ4n) is 4.67. The minimum atomic E-state index is -0.490. The number of likely N-dealkylation sites (N-methyl/N-ethyl adjacent to an activating group) is 1. The van der Waals surface area contributed by atoms with Gasteiger partial charge in [0.15, 0.2) is 0 Å². The number of thioether (sulfide) groups is 1. The molecule has 9 heteroatoms. The molecule has 0 N–H and O–H groups in total. The summed E-state index contributed by atoms with van der Waals surface area (Å²) in [6.07, 6.45) is 3.93. The summed E-state index contributed by atoms with van der Waals surface area (Å²) in [4.78, 5) is 39.8. The Kier molecular flexibility index (Phi) is 6.46. The van der Waals surface area contributed by atoms with Crippen molar-refractivity contribution in [2.24, 2.45) is 0 Å². The molecule has 0 aliphatic carbocycles. The molecule has 0 unspecified atom stereocenters. The van der Waals surface area contributed by atoms with Gasteiger partial charge in [0.1, 0.15) is 5.75 Å². The lowest BCUT2D eigenvalue weighted by molar-refractivity contribution is -0.384. The maximum atomic E-state index is 13.1. The highest BCUT2D eigenvalue weighted by Gasteiger charge is 2.36. The van der Waals surface area contributed by atoms with Gasteiger partial charge in [0, 0.05) is 41.6 Å². The fourth-order valence-corrected chi connectivity index (χ4v) is 5.50. The van der Waals surface area contributed by atoms with E-state index in [1.54, 1.807) is 25.3 Å². The maximum Gasteiger partial charge on any atom is 0.293 e. The molecule has 1 saturated heterocycles. The van der Waals surface area contributed by atoms with E-state index in [-0.39, 0.29) is 23.0 Å². The van der Waals surface area contributed by atoms with Crippen LogP contribution < -0.4 is 9.64 Å². The van der Waals surface area contributed by atoms with Gasteiger partial charge in [-0.05, 0) is 62.7 Å². The number of carbonyl (C=O) groups is 2. The number of allylic oxidation sites excluding steroid dienone is 1. The summed E-state index contributed by atoms with van der Waals surface area (Å²) in [7, 11) is 1.59. The molecule has 2 aromatic carbocycles. The Morgan fingerprint density at radius 2 is 1.86 bits per heavy atom. The molecular formula is C26H27N3O5S. The summed E-state index contributed by atoms with van der Waals surface area (Å²) in [5.74, 6) is 0.219. The summed E-state index contributed by atoms with van der Waals surface area (Å²) < 4.78 is 5.67. The lowest BCUT2D eigenvalue weighted by atomic mass is 9.87. The second-order valence-electron chi connectivity index (χ2n) is 9.03. The van der Waals surface area contributed by atoms with E-state index >= 15 is 0 Å². The van der Waals surface area contributed by atoms with Crippen LogP contribution in [0.4, 0.5) is 16.2 Å². The van der Waals surface area contributed by atoms with Crippen molar-refractivity contribution >= 4 is 45.9 Å². The van der Waals surface area contributed by atoms with Crippen molar-refractivity contribution in [1.29, 1.82) is 0 Å². The topological polar surface area (TPSA) is 93.0 Å². The van der Waals surface area contributed by atoms with Crippen LogP contribution in [0, 0.1) is 10.1 Å². The molecule has 0 atom stereocenters. The van der Waals surface area contributed by atoms with Crippen molar-refractivity contribution in [2.75, 3.05) is 18.6 Å². The van der Waals surface area contributed by atoms with Crippen LogP contribution in [0.25, 0.3) is 11.6 Å². The predicted octanol–water partition coefficient (Wildman–Crippen LogP) is 5.86. The molecule has 4 rings (SSSR count). The highest BCUT2D eigenvalue weighted by molar-refractivity contribution is 8.18. The Bertz CT molecular complexity index is 1280. The number of hydrogen-bond donors (Lipinski definition) is 0. The number of non-ortho nitro benzene ring substituents is 1. The Hall–Kier alpha value is -3.59. The standard InChI is InChI=1S/C26H27N3O5S/c1-6-28-21-13-22(34-5)18(11-20(21)16(2)14-26(28,3)4)12-23-24(30)27(25(31)35-23)15-17-7-9-19(10-8-17)29(32)33/h7-14H,6,15H2,1-5H3/b23-12+. The van der Waals surface area contributed by atoms with Gasteiger partial charge in [-0.1, -0.05) is 18.2 Å². The molecule has 182 valence electrons. The largest absolute Gasteiger partial charge is 0.496 e. The second kappa shape index (κ2) is 9.22. The van der Waals surface area contributed by atoms with Crippen LogP contribution in [0.2, 0.25) is 0 Å². The summed E-state index contributed by atoms with van der Waals surface area (Å²) in [5, 5.41) is 10.5. The smallest absolute Gasteiger partial charge is 0.293 e. The van der Waals surface area contributed by atoms with Crippen LogP contribution in [0.15, 0.2) is 47.4 Å². The third-order valence-corrected chi connectivity index (χ3v) is 7.20. The molecule has 2 aliphatic heterocycles. The minimum absolute atomic E-state index is 0.0448. The first-order valence-electron chi connectivity index (χ1n) is 11.2. The number of nitro groups is 1. The van der Waals surface area contributed by atoms with Gasteiger partial charge in [-0.2, -0.15) is 0 Å². The molecule has 0 radical (unpaired) electrons. The van der Waals surface area contributed by atoms with Crippen molar-refractivity contribution in [2.45, 2.75) is 39.8 Å². The highest BCUT2D eigenvalue weighted by atomic mass is 32.2. The predicted molar refractivity (Wildman–Crippen MR) is 138 cm³/mol. The number of anilines is 1. The maximum absolute atomic E-state index is 13.1. The first-order chi connectivity index (χ1) is 16.6. The van der Waals surface area contributed by atoms with Crippen LogP contribution in [0.3, 0.4) is 0 Å². The van der Waals surface area contributed by atoms with Gasteiger partial charge in [0.05, 0.1) is 29.0 Å². The summed E-state index contributed by atoms with van der Waals surface area (Å²) in [6.45, 7) is 9.40. The van der Waals surface area contributed by atoms with E-state index in [0.29, 0.717) is 16.2 Å². The van der Waals surface area contributed by atoms with Crippen molar-refractivity contribution < 1.29 is 19.2 Å². The Morgan fingerprint density at radius 3 is 2.46 bits per heavy atom. The number of amides is 2. The SMILES string of the molecule is CCN1c2cc(OC)c(/C=C3/SC(=O)N(Cc4ccc([N+](=O)[O-])cc4)C3=O)cc2C(C)=CC1(C)C. The van der Waals surface area contributed by atoms with Gasteiger partial charge in [0.2, 0.25) is 0 Å². The zero-order valence-electron chi connectivity index (χ0n) is 20.3. The molecular weight excluding hydrogens is 466 g/mol. The average Bonchev–Trinajstić information content (AvgIpc) is 3.06. The van der Waals surface area contributed by atoms with Crippen LogP contribution in [-0.2, 0) is 11.3 Å². The number of imide groups is 1. The summed E-state index contributed by atoms with van der Waals surface area (Å²) in [6, 6.07) is 9.81. The molecule has 1 fully saturated rings. The lowest BCUT2D eigenvalue weighted by Gasteiger charge is -2.43. The number of carbonyl (C=O) groups excluding carboxylic acids is 2. The van der Waals surface area contributed by atoms with Gasteiger partial charge in [-0.25, -0.2) is 0 Å². The van der Waals surface area contributed by atoms with Crippen LogP contribution in [0.5, 0.6) is 5.75 Å². The number of ether oxygens (including phenoxy) is 1. The van der Waals surface area contributed by atoms with E-state index in [1.165, 1.54) is 12.1 Å². The minimum Gasteiger partial charge on any atom is -0.496 e.